The Kier molecular flexibility index (Phi) is 10.1. The summed E-state index contributed by atoms with van der Waals surface area (Å²) in [6, 6.07) is 26.2. The second-order valence-corrected chi connectivity index (χ2v) is 8.08. The van der Waals surface area contributed by atoms with Crippen LogP contribution in [0.3, 0.4) is 0 Å². The topological polar surface area (TPSA) is 60.0 Å². The first kappa shape index (κ1) is 24.6. The minimum Gasteiger partial charge on any atom is -0.497 e. The van der Waals surface area contributed by atoms with Gasteiger partial charge in [0.25, 0.3) is 0 Å². The van der Waals surface area contributed by atoms with Crippen molar-refractivity contribution in [2.75, 3.05) is 33.9 Å². The molecule has 3 aromatic rings. The minimum atomic E-state index is -0.531. The van der Waals surface area contributed by atoms with Gasteiger partial charge >= 0.3 is 0 Å². The molecule has 1 atom stereocenters. The quantitative estimate of drug-likeness (QED) is 0.338. The van der Waals surface area contributed by atoms with Gasteiger partial charge in [-0.2, -0.15) is 0 Å². The van der Waals surface area contributed by atoms with Crippen molar-refractivity contribution >= 4 is 0 Å². The van der Waals surface area contributed by atoms with Crippen molar-refractivity contribution in [3.63, 3.8) is 0 Å². The van der Waals surface area contributed by atoms with Crippen molar-refractivity contribution in [1.82, 2.24) is 5.32 Å². The lowest BCUT2D eigenvalue weighted by Gasteiger charge is -2.19. The van der Waals surface area contributed by atoms with E-state index < -0.39 is 6.10 Å². The van der Waals surface area contributed by atoms with E-state index in [1.165, 1.54) is 11.1 Å². The lowest BCUT2D eigenvalue weighted by Crippen LogP contribution is -2.32. The van der Waals surface area contributed by atoms with E-state index in [4.69, 9.17) is 14.2 Å². The third kappa shape index (κ3) is 8.12. The SMILES string of the molecule is COc1ccc(C(CCCCNC[C@H](O)COc2ccccc2)c2ccc(OC)cc2)cc1. The molecule has 0 bridgehead atoms. The van der Waals surface area contributed by atoms with Crippen molar-refractivity contribution in [3.8, 4) is 17.2 Å². The van der Waals surface area contributed by atoms with E-state index in [1.54, 1.807) is 14.2 Å². The van der Waals surface area contributed by atoms with Crippen molar-refractivity contribution in [2.24, 2.45) is 0 Å². The zero-order valence-electron chi connectivity index (χ0n) is 19.6. The molecule has 0 spiro atoms. The normalized spacial score (nSPS) is 11.9. The van der Waals surface area contributed by atoms with Gasteiger partial charge in [0.1, 0.15) is 30.0 Å². The first-order valence-electron chi connectivity index (χ1n) is 11.5. The summed E-state index contributed by atoms with van der Waals surface area (Å²) in [5.41, 5.74) is 2.56. The Hall–Kier alpha value is -3.02. The van der Waals surface area contributed by atoms with Gasteiger partial charge in [0, 0.05) is 12.5 Å². The molecule has 0 aliphatic carbocycles. The average molecular weight is 450 g/mol. The van der Waals surface area contributed by atoms with E-state index in [-0.39, 0.29) is 6.61 Å². The van der Waals surface area contributed by atoms with Gasteiger partial charge in [-0.05, 0) is 66.9 Å². The molecule has 0 unspecified atom stereocenters. The van der Waals surface area contributed by atoms with Crippen LogP contribution in [0.15, 0.2) is 78.9 Å². The van der Waals surface area contributed by atoms with Gasteiger partial charge < -0.3 is 24.6 Å². The van der Waals surface area contributed by atoms with Crippen LogP contribution in [0.4, 0.5) is 0 Å². The molecule has 2 N–H and O–H groups in total. The van der Waals surface area contributed by atoms with E-state index in [0.717, 1.165) is 43.1 Å². The Morgan fingerprint density at radius 1 is 0.727 bits per heavy atom. The van der Waals surface area contributed by atoms with Crippen LogP contribution < -0.4 is 19.5 Å². The highest BCUT2D eigenvalue weighted by Crippen LogP contribution is 2.32. The Balaban J connectivity index is 1.44. The first-order chi connectivity index (χ1) is 16.2. The van der Waals surface area contributed by atoms with E-state index in [0.29, 0.717) is 12.5 Å². The summed E-state index contributed by atoms with van der Waals surface area (Å²) >= 11 is 0. The molecule has 3 aromatic carbocycles. The number of hydrogen-bond acceptors (Lipinski definition) is 5. The number of benzene rings is 3. The Bertz CT molecular complexity index is 865. The van der Waals surface area contributed by atoms with Crippen LogP contribution in [-0.4, -0.2) is 45.1 Å². The van der Waals surface area contributed by atoms with Crippen LogP contribution in [0.2, 0.25) is 0 Å². The van der Waals surface area contributed by atoms with Crippen LogP contribution in [-0.2, 0) is 0 Å². The molecule has 0 fully saturated rings. The van der Waals surface area contributed by atoms with Crippen LogP contribution in [0.5, 0.6) is 17.2 Å². The monoisotopic (exact) mass is 449 g/mol. The standard InChI is InChI=1S/C28H35NO4/c1-31-25-15-11-22(12-16-25)28(23-13-17-26(32-2)18-14-23)10-6-7-19-29-20-24(30)21-33-27-8-4-3-5-9-27/h3-5,8-9,11-18,24,28-30H,6-7,10,19-21H2,1-2H3/t24-/m0/s1. The van der Waals surface area contributed by atoms with Gasteiger partial charge in [-0.1, -0.05) is 48.9 Å². The predicted molar refractivity (Wildman–Crippen MR) is 132 cm³/mol. The highest BCUT2D eigenvalue weighted by atomic mass is 16.5. The molecule has 3 rings (SSSR count). The van der Waals surface area contributed by atoms with Crippen LogP contribution >= 0.6 is 0 Å². The number of para-hydroxylation sites is 1. The third-order valence-electron chi connectivity index (χ3n) is 5.70. The number of nitrogens with one attached hydrogen (secondary N) is 1. The van der Waals surface area contributed by atoms with Gasteiger partial charge in [-0.3, -0.25) is 0 Å². The molecule has 5 heteroatoms. The van der Waals surface area contributed by atoms with Gasteiger partial charge in [0.2, 0.25) is 0 Å². The molecule has 0 saturated heterocycles. The number of rotatable bonds is 14. The maximum absolute atomic E-state index is 10.1. The summed E-state index contributed by atoms with van der Waals surface area (Å²) in [4.78, 5) is 0. The number of aliphatic hydroxyl groups excluding tert-OH is 1. The summed E-state index contributed by atoms with van der Waals surface area (Å²) in [5.74, 6) is 2.82. The highest BCUT2D eigenvalue weighted by Gasteiger charge is 2.14. The summed E-state index contributed by atoms with van der Waals surface area (Å²) < 4.78 is 16.2. The summed E-state index contributed by atoms with van der Waals surface area (Å²) in [5, 5.41) is 13.5. The molecule has 0 radical (unpaired) electrons. The third-order valence-corrected chi connectivity index (χ3v) is 5.70. The van der Waals surface area contributed by atoms with E-state index in [1.807, 2.05) is 54.6 Å². The lowest BCUT2D eigenvalue weighted by molar-refractivity contribution is 0.106. The van der Waals surface area contributed by atoms with E-state index in [9.17, 15) is 5.11 Å². The van der Waals surface area contributed by atoms with Gasteiger partial charge in [-0.15, -0.1) is 0 Å². The maximum Gasteiger partial charge on any atom is 0.119 e. The minimum absolute atomic E-state index is 0.286. The molecule has 0 aromatic heterocycles. The molecule has 5 nitrogen and oxygen atoms in total. The van der Waals surface area contributed by atoms with Crippen LogP contribution in [0.1, 0.15) is 36.3 Å². The van der Waals surface area contributed by atoms with Crippen LogP contribution in [0.25, 0.3) is 0 Å². The number of methoxy groups -OCH3 is 2. The Morgan fingerprint density at radius 2 is 1.30 bits per heavy atom. The molecule has 0 saturated carbocycles. The zero-order valence-corrected chi connectivity index (χ0v) is 19.6. The number of unbranched alkanes of at least 4 members (excludes halogenated alkanes) is 1. The zero-order chi connectivity index (χ0) is 23.3. The molecular formula is C28H35NO4. The van der Waals surface area contributed by atoms with Gasteiger partial charge in [-0.25, -0.2) is 0 Å². The first-order valence-corrected chi connectivity index (χ1v) is 11.5. The molecule has 0 heterocycles. The van der Waals surface area contributed by atoms with Gasteiger partial charge in [0.15, 0.2) is 0 Å². The lowest BCUT2D eigenvalue weighted by atomic mass is 9.87. The number of ether oxygens (including phenoxy) is 3. The van der Waals surface area contributed by atoms with Gasteiger partial charge in [0.05, 0.1) is 14.2 Å². The summed E-state index contributed by atoms with van der Waals surface area (Å²) in [6.07, 6.45) is 2.62. The Labute approximate surface area is 197 Å². The van der Waals surface area contributed by atoms with E-state index >= 15 is 0 Å². The largest absolute Gasteiger partial charge is 0.497 e. The second kappa shape index (κ2) is 13.5. The molecule has 33 heavy (non-hydrogen) atoms. The summed E-state index contributed by atoms with van der Waals surface area (Å²) in [6.45, 7) is 1.67. The molecule has 0 amide bonds. The number of hydrogen-bond donors (Lipinski definition) is 2. The summed E-state index contributed by atoms with van der Waals surface area (Å²) in [7, 11) is 3.38. The van der Waals surface area contributed by atoms with E-state index in [2.05, 4.69) is 29.6 Å². The number of aliphatic hydroxyl groups is 1. The average Bonchev–Trinajstić information content (AvgIpc) is 2.88. The fourth-order valence-corrected chi connectivity index (χ4v) is 3.83. The predicted octanol–water partition coefficient (Wildman–Crippen LogP) is 5.04. The van der Waals surface area contributed by atoms with Crippen molar-refractivity contribution in [3.05, 3.63) is 90.0 Å². The van der Waals surface area contributed by atoms with Crippen molar-refractivity contribution < 1.29 is 19.3 Å². The molecular weight excluding hydrogens is 414 g/mol. The Morgan fingerprint density at radius 3 is 1.85 bits per heavy atom. The molecule has 0 aliphatic rings. The van der Waals surface area contributed by atoms with Crippen molar-refractivity contribution in [2.45, 2.75) is 31.3 Å². The van der Waals surface area contributed by atoms with Crippen LogP contribution in [0, 0.1) is 0 Å². The maximum atomic E-state index is 10.1. The smallest absolute Gasteiger partial charge is 0.119 e. The highest BCUT2D eigenvalue weighted by molar-refractivity contribution is 5.38. The molecule has 176 valence electrons. The fraction of sp³-hybridized carbons (Fsp3) is 0.357. The second-order valence-electron chi connectivity index (χ2n) is 8.08. The van der Waals surface area contributed by atoms with Crippen molar-refractivity contribution in [1.29, 1.82) is 0 Å². The molecule has 0 aliphatic heterocycles. The fourth-order valence-electron chi connectivity index (χ4n) is 3.83.